The lowest BCUT2D eigenvalue weighted by atomic mass is 9.76. The molecule has 1 aliphatic heterocycles. The number of hydrogen-bond donors (Lipinski definition) is 8. The molecule has 4 aromatic rings. The highest BCUT2D eigenvalue weighted by molar-refractivity contribution is 6.00. The number of rotatable bonds is 27. The zero-order valence-corrected chi connectivity index (χ0v) is 50.5. The van der Waals surface area contributed by atoms with E-state index < -0.39 is 71.6 Å². The summed E-state index contributed by atoms with van der Waals surface area (Å²) in [7, 11) is 3.68. The molecule has 450 valence electrons. The number of carboxylic acid groups (broad SMARTS) is 2. The van der Waals surface area contributed by atoms with Crippen LogP contribution in [-0.4, -0.2) is 114 Å². The number of aliphatic carboxylic acids is 2. The number of likely N-dealkylation sites (N-methyl/N-ethyl adjacent to an activating group) is 2. The molecule has 6 amide bonds. The van der Waals surface area contributed by atoms with E-state index in [0.29, 0.717) is 29.0 Å². The monoisotopic (exact) mass is 1150 g/mol. The van der Waals surface area contributed by atoms with Crippen molar-refractivity contribution < 1.29 is 53.3 Å². The first-order valence-corrected chi connectivity index (χ1v) is 28.4. The van der Waals surface area contributed by atoms with Crippen molar-refractivity contribution in [2.24, 2.45) is 17.3 Å². The van der Waals surface area contributed by atoms with E-state index in [2.05, 4.69) is 69.4 Å². The number of carbonyl (C=O) groups excluding carboxylic acids is 6. The minimum Gasteiger partial charge on any atom is -0.481 e. The number of ether oxygens (including phenoxy) is 1. The third-order valence-electron chi connectivity index (χ3n) is 15.0. The molecule has 19 heteroatoms. The molecule has 8 N–H and O–H groups in total. The van der Waals surface area contributed by atoms with Gasteiger partial charge in [0, 0.05) is 72.2 Å². The molecule has 0 spiro atoms. The number of hydrogen-bond acceptors (Lipinski definition) is 11. The molecule has 84 heavy (non-hydrogen) atoms. The van der Waals surface area contributed by atoms with E-state index >= 15 is 0 Å². The van der Waals surface area contributed by atoms with Gasteiger partial charge in [-0.1, -0.05) is 147 Å². The second kappa shape index (κ2) is 30.3. The molecule has 5 atom stereocenters. The maximum absolute atomic E-state index is 14.2. The molecular weight excluding hydrogens is 1070 g/mol. The largest absolute Gasteiger partial charge is 0.481 e. The van der Waals surface area contributed by atoms with E-state index in [4.69, 9.17) is 4.74 Å². The van der Waals surface area contributed by atoms with Crippen molar-refractivity contribution in [2.75, 3.05) is 30.9 Å². The van der Waals surface area contributed by atoms with Crippen LogP contribution in [0.5, 0.6) is 0 Å². The van der Waals surface area contributed by atoms with Gasteiger partial charge in [0.1, 0.15) is 18.7 Å². The number of nitrogens with zero attached hydrogens (tertiary/aromatic N) is 2. The quantitative estimate of drug-likeness (QED) is 0.0211. The summed E-state index contributed by atoms with van der Waals surface area (Å²) in [6, 6.07) is 25.3. The molecule has 4 aromatic carbocycles. The Bertz CT molecular complexity index is 3100. The van der Waals surface area contributed by atoms with Crippen LogP contribution in [0.15, 0.2) is 109 Å². The number of anilines is 2. The maximum Gasteiger partial charge on any atom is 0.407 e. The van der Waals surface area contributed by atoms with E-state index in [9.17, 15) is 48.6 Å². The Balaban J connectivity index is 1.13. The number of carboxylic acids is 2. The van der Waals surface area contributed by atoms with Crippen molar-refractivity contribution in [3.05, 3.63) is 142 Å². The van der Waals surface area contributed by atoms with Crippen molar-refractivity contribution in [3.8, 4) is 11.8 Å². The predicted octanol–water partition coefficient (Wildman–Crippen LogP) is 7.65. The van der Waals surface area contributed by atoms with Crippen molar-refractivity contribution in [1.29, 1.82) is 0 Å². The first kappa shape index (κ1) is 66.5. The van der Waals surface area contributed by atoms with Crippen LogP contribution in [0.2, 0.25) is 0 Å². The van der Waals surface area contributed by atoms with Crippen LogP contribution < -0.4 is 36.8 Å². The Morgan fingerprint density at radius 1 is 0.738 bits per heavy atom. The van der Waals surface area contributed by atoms with Gasteiger partial charge in [-0.25, -0.2) is 9.59 Å². The van der Waals surface area contributed by atoms with E-state index in [-0.39, 0.29) is 79.8 Å². The second-order valence-corrected chi connectivity index (χ2v) is 23.7. The van der Waals surface area contributed by atoms with Crippen molar-refractivity contribution in [3.63, 3.8) is 0 Å². The van der Waals surface area contributed by atoms with Crippen LogP contribution in [-0.2, 0) is 63.4 Å². The van der Waals surface area contributed by atoms with E-state index in [0.717, 1.165) is 22.3 Å². The van der Waals surface area contributed by atoms with Gasteiger partial charge in [0.2, 0.25) is 29.5 Å². The van der Waals surface area contributed by atoms with E-state index in [1.165, 1.54) is 0 Å². The first-order chi connectivity index (χ1) is 39.6. The molecule has 0 bridgehead atoms. The SMILES string of the molecule is CN[C@H](C(=O)N[C@H](CN(C)[C@H](/C=C(\C)C(=O)O)C(C)C)C(C)(C)C)C(C)(C)c1cccc(CNC(=O)OCc2ccc(NC(=O)[C@H](CCC(=O)O)NC(=O)[C@@H](NC(=O)CCC(=O)N3Cc4ccccc4C#Cc4ccccc43)C(C)C)cc2)c1. The van der Waals surface area contributed by atoms with Crippen LogP contribution in [0.3, 0.4) is 0 Å². The zero-order chi connectivity index (χ0) is 62.1. The fourth-order valence-corrected chi connectivity index (χ4v) is 9.85. The second-order valence-electron chi connectivity index (χ2n) is 23.7. The summed E-state index contributed by atoms with van der Waals surface area (Å²) in [6.07, 6.45) is -0.0203. The Labute approximate surface area is 494 Å². The topological polar surface area (TPSA) is 265 Å². The number of carbonyl (C=O) groups is 8. The van der Waals surface area contributed by atoms with Crippen LogP contribution in [0, 0.1) is 29.1 Å². The Kier molecular flexibility index (Phi) is 24.0. The number of amides is 6. The molecule has 0 saturated carbocycles. The highest BCUT2D eigenvalue weighted by Crippen LogP contribution is 2.31. The average molecular weight is 1150 g/mol. The Morgan fingerprint density at radius 3 is 2.02 bits per heavy atom. The normalized spacial score (nSPS) is 14.2. The molecule has 0 fully saturated rings. The van der Waals surface area contributed by atoms with Crippen molar-refractivity contribution >= 4 is 58.9 Å². The molecule has 0 unspecified atom stereocenters. The number of benzene rings is 4. The minimum absolute atomic E-state index is 0.113. The van der Waals surface area contributed by atoms with Gasteiger partial charge >= 0.3 is 18.0 Å². The summed E-state index contributed by atoms with van der Waals surface area (Å²) in [5.41, 5.74) is 4.67. The average Bonchev–Trinajstić information content (AvgIpc) is 3.59. The van der Waals surface area contributed by atoms with E-state index in [1.807, 2.05) is 101 Å². The summed E-state index contributed by atoms with van der Waals surface area (Å²) in [4.78, 5) is 109. The standard InChI is InChI=1S/C65H84N8O11/c1-40(2)52(34-42(5)62(81)82)72(12)38-53(64(6,7)8)70-61(80)58(66-11)65(9,10)48-22-17-18-44(35-48)36-67-63(83)84-39-43-24-28-49(29-25-43)68-59(78)50(30-33-56(76)77)69-60(79)57(41(3)4)71-54(74)31-32-55(75)73-37-47-21-14-13-19-45(47)26-27-46-20-15-16-23-51(46)73/h13-25,28-29,34-35,40-41,50,52-53,57-58,66H,30-33,36-39H2,1-12H3,(H,67,83)(H,68,78)(H,69,79)(H,70,80)(H,71,74)(H,76,77)(H,81,82)/b42-34+/t50-,52+,53+,57-,58+/m0/s1. The van der Waals surface area contributed by atoms with Crippen LogP contribution >= 0.6 is 0 Å². The Morgan fingerprint density at radius 2 is 1.39 bits per heavy atom. The Hall–Kier alpha value is -8.34. The number of alkyl carbamates (subject to hydrolysis) is 1. The van der Waals surface area contributed by atoms with Crippen molar-refractivity contribution in [2.45, 2.75) is 150 Å². The summed E-state index contributed by atoms with van der Waals surface area (Å²) in [6.45, 7) is 19.9. The molecule has 19 nitrogen and oxygen atoms in total. The lowest BCUT2D eigenvalue weighted by molar-refractivity contribution is -0.138. The van der Waals surface area contributed by atoms with Crippen LogP contribution in [0.4, 0.5) is 16.2 Å². The summed E-state index contributed by atoms with van der Waals surface area (Å²) in [5.74, 6) is 1.36. The molecular formula is C65H84N8O11. The molecule has 0 radical (unpaired) electrons. The third kappa shape index (κ3) is 19.1. The van der Waals surface area contributed by atoms with Gasteiger partial charge in [-0.3, -0.25) is 33.7 Å². The van der Waals surface area contributed by atoms with E-state index in [1.54, 1.807) is 69.1 Å². The number of nitrogens with one attached hydrogen (secondary N) is 6. The smallest absolute Gasteiger partial charge is 0.407 e. The fraction of sp³-hybridized carbons (Fsp3) is 0.446. The van der Waals surface area contributed by atoms with Gasteiger partial charge in [-0.05, 0) is 97.3 Å². The molecule has 0 aromatic heterocycles. The minimum atomic E-state index is -1.30. The molecule has 0 saturated heterocycles. The molecule has 1 aliphatic rings. The first-order valence-electron chi connectivity index (χ1n) is 28.4. The highest BCUT2D eigenvalue weighted by atomic mass is 16.5. The van der Waals surface area contributed by atoms with Gasteiger partial charge in [0.05, 0.1) is 18.3 Å². The van der Waals surface area contributed by atoms with Gasteiger partial charge in [-0.2, -0.15) is 0 Å². The highest BCUT2D eigenvalue weighted by Gasteiger charge is 2.39. The maximum atomic E-state index is 14.2. The lowest BCUT2D eigenvalue weighted by Crippen LogP contribution is -2.59. The lowest BCUT2D eigenvalue weighted by Gasteiger charge is -2.40. The molecule has 1 heterocycles. The van der Waals surface area contributed by atoms with Gasteiger partial charge < -0.3 is 51.8 Å². The van der Waals surface area contributed by atoms with Crippen molar-refractivity contribution in [1.82, 2.24) is 31.5 Å². The number of para-hydroxylation sites is 1. The van der Waals surface area contributed by atoms with Gasteiger partial charge in [0.15, 0.2) is 0 Å². The third-order valence-corrected chi connectivity index (χ3v) is 15.0. The van der Waals surface area contributed by atoms with Gasteiger partial charge in [-0.15, -0.1) is 0 Å². The summed E-state index contributed by atoms with van der Waals surface area (Å²) >= 11 is 0. The number of fused-ring (bicyclic) bond motifs is 2. The summed E-state index contributed by atoms with van der Waals surface area (Å²) < 4.78 is 5.51. The van der Waals surface area contributed by atoms with Crippen LogP contribution in [0.1, 0.15) is 128 Å². The van der Waals surface area contributed by atoms with Gasteiger partial charge in [0.25, 0.3) is 0 Å². The molecule has 0 aliphatic carbocycles. The fourth-order valence-electron chi connectivity index (χ4n) is 9.85. The molecule has 5 rings (SSSR count). The zero-order valence-electron chi connectivity index (χ0n) is 50.5. The summed E-state index contributed by atoms with van der Waals surface area (Å²) in [5, 5.41) is 36.4. The van der Waals surface area contributed by atoms with Crippen LogP contribution in [0.25, 0.3) is 0 Å². The predicted molar refractivity (Wildman–Crippen MR) is 323 cm³/mol.